The quantitative estimate of drug-likeness (QED) is 0.483. The highest BCUT2D eigenvalue weighted by Gasteiger charge is 2.51. The highest BCUT2D eigenvalue weighted by molar-refractivity contribution is 6.74. The van der Waals surface area contributed by atoms with Crippen LogP contribution in [0, 0.1) is 0 Å². The van der Waals surface area contributed by atoms with Crippen molar-refractivity contribution in [2.24, 2.45) is 0 Å². The van der Waals surface area contributed by atoms with E-state index in [1.165, 1.54) is 0 Å². The van der Waals surface area contributed by atoms with Gasteiger partial charge in [0, 0.05) is 11.6 Å². The zero-order chi connectivity index (χ0) is 24.2. The third kappa shape index (κ3) is 4.67. The van der Waals surface area contributed by atoms with Crippen molar-refractivity contribution < 1.29 is 13.7 Å². The van der Waals surface area contributed by atoms with E-state index >= 15 is 0 Å². The molecular formula is C25H36BN3O3Si. The molecule has 0 atom stereocenters. The van der Waals surface area contributed by atoms with Gasteiger partial charge in [-0.1, -0.05) is 39.0 Å². The second-order valence-electron chi connectivity index (χ2n) is 11.5. The van der Waals surface area contributed by atoms with Gasteiger partial charge in [0.25, 0.3) is 0 Å². The second-order valence-corrected chi connectivity index (χ2v) is 16.3. The smallest absolute Gasteiger partial charge is 0.411 e. The first-order chi connectivity index (χ1) is 15.2. The molecule has 0 N–H and O–H groups in total. The molecule has 3 heterocycles. The first-order valence-corrected chi connectivity index (χ1v) is 14.5. The molecule has 4 rings (SSSR count). The van der Waals surface area contributed by atoms with E-state index in [0.29, 0.717) is 6.61 Å². The van der Waals surface area contributed by atoms with Crippen LogP contribution < -0.4 is 5.46 Å². The van der Waals surface area contributed by atoms with Gasteiger partial charge in [-0.15, -0.1) is 0 Å². The SMILES string of the molecule is CC1(C)OB(c2ccc3cn(-c4cccc(CO[Si](C)(C)C(C)(C)C)n4)nc3c2)OC1(C)C. The molecule has 1 saturated heterocycles. The lowest BCUT2D eigenvalue weighted by Crippen LogP contribution is -2.41. The number of nitrogens with zero attached hydrogens (tertiary/aromatic N) is 3. The first kappa shape index (κ1) is 24.1. The molecule has 176 valence electrons. The zero-order valence-corrected chi connectivity index (χ0v) is 22.4. The van der Waals surface area contributed by atoms with Gasteiger partial charge in [-0.2, -0.15) is 5.10 Å². The van der Waals surface area contributed by atoms with Crippen molar-refractivity contribution in [3.05, 3.63) is 48.3 Å². The Morgan fingerprint density at radius 3 is 2.33 bits per heavy atom. The molecule has 1 fully saturated rings. The number of pyridine rings is 1. The van der Waals surface area contributed by atoms with E-state index in [4.69, 9.17) is 23.8 Å². The fraction of sp³-hybridized carbons (Fsp3) is 0.520. The Morgan fingerprint density at radius 1 is 1.03 bits per heavy atom. The van der Waals surface area contributed by atoms with Crippen molar-refractivity contribution in [3.63, 3.8) is 0 Å². The summed E-state index contributed by atoms with van der Waals surface area (Å²) in [5.41, 5.74) is 2.02. The van der Waals surface area contributed by atoms with Crippen molar-refractivity contribution >= 4 is 31.8 Å². The summed E-state index contributed by atoms with van der Waals surface area (Å²) < 4.78 is 20.6. The van der Waals surface area contributed by atoms with Crippen LogP contribution in [0.1, 0.15) is 54.2 Å². The fourth-order valence-corrected chi connectivity index (χ4v) is 4.36. The Balaban J connectivity index is 1.56. The Bertz CT molecular complexity index is 1150. The third-order valence-electron chi connectivity index (χ3n) is 7.47. The summed E-state index contributed by atoms with van der Waals surface area (Å²) in [6, 6.07) is 12.1. The Morgan fingerprint density at radius 2 is 1.70 bits per heavy atom. The van der Waals surface area contributed by atoms with Crippen molar-refractivity contribution in [1.82, 2.24) is 14.8 Å². The highest BCUT2D eigenvalue weighted by atomic mass is 28.4. The van der Waals surface area contributed by atoms with Gasteiger partial charge in [0.05, 0.1) is 29.0 Å². The number of aromatic nitrogens is 3. The summed E-state index contributed by atoms with van der Waals surface area (Å²) >= 11 is 0. The van der Waals surface area contributed by atoms with Crippen LogP contribution in [0.25, 0.3) is 16.7 Å². The maximum atomic E-state index is 6.35. The maximum absolute atomic E-state index is 6.35. The van der Waals surface area contributed by atoms with Gasteiger partial charge in [-0.25, -0.2) is 9.67 Å². The van der Waals surface area contributed by atoms with Crippen LogP contribution in [-0.4, -0.2) is 41.4 Å². The summed E-state index contributed by atoms with van der Waals surface area (Å²) in [5.74, 6) is 0.778. The molecule has 0 bridgehead atoms. The highest BCUT2D eigenvalue weighted by Crippen LogP contribution is 2.37. The molecule has 0 saturated carbocycles. The molecule has 8 heteroatoms. The van der Waals surface area contributed by atoms with Gasteiger partial charge in [0.15, 0.2) is 14.1 Å². The molecule has 33 heavy (non-hydrogen) atoms. The third-order valence-corrected chi connectivity index (χ3v) is 11.9. The molecule has 1 aliphatic heterocycles. The van der Waals surface area contributed by atoms with Gasteiger partial charge < -0.3 is 13.7 Å². The topological polar surface area (TPSA) is 58.4 Å². The standard InChI is InChI=1S/C25H36BN3O3Si/c1-23(2,3)33(8,9)30-17-20-11-10-12-22(27-20)29-16-18-13-14-19(15-21(18)28-29)26-31-24(4,5)25(6,7)32-26/h10-16H,17H2,1-9H3. The van der Waals surface area contributed by atoms with Crippen LogP contribution in [0.4, 0.5) is 0 Å². The lowest BCUT2D eigenvalue weighted by molar-refractivity contribution is 0.00578. The lowest BCUT2D eigenvalue weighted by Gasteiger charge is -2.36. The van der Waals surface area contributed by atoms with Gasteiger partial charge in [0.2, 0.25) is 0 Å². The Labute approximate surface area is 198 Å². The van der Waals surface area contributed by atoms with Crippen LogP contribution in [-0.2, 0) is 20.3 Å². The molecule has 2 aromatic heterocycles. The molecule has 3 aromatic rings. The Kier molecular flexibility index (Phi) is 5.89. The Hall–Kier alpha value is -2.00. The summed E-state index contributed by atoms with van der Waals surface area (Å²) in [4.78, 5) is 4.81. The predicted octanol–water partition coefficient (Wildman–Crippen LogP) is 5.24. The van der Waals surface area contributed by atoms with Crippen LogP contribution in [0.2, 0.25) is 18.1 Å². The van der Waals surface area contributed by atoms with Crippen molar-refractivity contribution in [3.8, 4) is 5.82 Å². The molecular weight excluding hydrogens is 429 g/mol. The molecule has 0 spiro atoms. The first-order valence-electron chi connectivity index (χ1n) is 11.6. The van der Waals surface area contributed by atoms with Gasteiger partial charge in [-0.3, -0.25) is 0 Å². The fourth-order valence-electron chi connectivity index (χ4n) is 3.42. The minimum Gasteiger partial charge on any atom is -0.411 e. The van der Waals surface area contributed by atoms with E-state index in [9.17, 15) is 0 Å². The summed E-state index contributed by atoms with van der Waals surface area (Å²) in [5, 5.41) is 6.00. The van der Waals surface area contributed by atoms with Crippen LogP contribution in [0.15, 0.2) is 42.6 Å². The van der Waals surface area contributed by atoms with E-state index in [1.54, 1.807) is 0 Å². The monoisotopic (exact) mass is 465 g/mol. The lowest BCUT2D eigenvalue weighted by atomic mass is 9.79. The van der Waals surface area contributed by atoms with Crippen LogP contribution >= 0.6 is 0 Å². The average Bonchev–Trinajstić information content (AvgIpc) is 3.23. The molecule has 0 aliphatic carbocycles. The van der Waals surface area contributed by atoms with Crippen molar-refractivity contribution in [2.75, 3.05) is 0 Å². The van der Waals surface area contributed by atoms with Crippen molar-refractivity contribution in [2.45, 2.75) is 84.4 Å². The normalized spacial score (nSPS) is 18.3. The van der Waals surface area contributed by atoms with E-state index in [0.717, 1.165) is 27.9 Å². The predicted molar refractivity (Wildman–Crippen MR) is 137 cm³/mol. The number of benzene rings is 1. The molecule has 1 aliphatic rings. The zero-order valence-electron chi connectivity index (χ0n) is 21.4. The number of rotatable bonds is 5. The minimum atomic E-state index is -1.84. The second kappa shape index (κ2) is 8.05. The summed E-state index contributed by atoms with van der Waals surface area (Å²) in [6.07, 6.45) is 2.00. The van der Waals surface area contributed by atoms with E-state index < -0.39 is 15.4 Å². The van der Waals surface area contributed by atoms with Crippen LogP contribution in [0.5, 0.6) is 0 Å². The molecule has 0 unspecified atom stereocenters. The molecule has 6 nitrogen and oxygen atoms in total. The number of fused-ring (bicyclic) bond motifs is 1. The summed E-state index contributed by atoms with van der Waals surface area (Å²) in [6.45, 7) is 20.0. The van der Waals surface area contributed by atoms with Gasteiger partial charge in [-0.05, 0) is 69.5 Å². The molecule has 0 amide bonds. The molecule has 1 aromatic carbocycles. The van der Waals surface area contributed by atoms with E-state index in [1.807, 2.05) is 41.2 Å². The van der Waals surface area contributed by atoms with Crippen LogP contribution in [0.3, 0.4) is 0 Å². The van der Waals surface area contributed by atoms with Crippen molar-refractivity contribution in [1.29, 1.82) is 0 Å². The van der Waals surface area contributed by atoms with E-state index in [-0.39, 0.29) is 16.2 Å². The molecule has 0 radical (unpaired) electrons. The summed E-state index contributed by atoms with van der Waals surface area (Å²) in [7, 11) is -2.24. The number of hydrogen-bond donors (Lipinski definition) is 0. The van der Waals surface area contributed by atoms with Gasteiger partial charge in [0.1, 0.15) is 0 Å². The number of hydrogen-bond acceptors (Lipinski definition) is 5. The van der Waals surface area contributed by atoms with E-state index in [2.05, 4.69) is 67.6 Å². The minimum absolute atomic E-state index is 0.166. The van der Waals surface area contributed by atoms with Gasteiger partial charge >= 0.3 is 7.12 Å². The average molecular weight is 465 g/mol. The maximum Gasteiger partial charge on any atom is 0.494 e. The largest absolute Gasteiger partial charge is 0.494 e.